The van der Waals surface area contributed by atoms with Crippen LogP contribution in [-0.2, 0) is 9.59 Å². The van der Waals surface area contributed by atoms with E-state index in [2.05, 4.69) is 19.2 Å². The lowest BCUT2D eigenvalue weighted by Crippen LogP contribution is -2.40. The first-order chi connectivity index (χ1) is 13.8. The van der Waals surface area contributed by atoms with E-state index >= 15 is 0 Å². The molecule has 29 heavy (non-hydrogen) atoms. The van der Waals surface area contributed by atoms with E-state index < -0.39 is 0 Å². The molecule has 2 rings (SSSR count). The SMILES string of the molecule is CCN(CC(=O)Nc1ccccc1OC)C(=O)COc1cc(C)ccc1C(C)C. The number of hydrogen-bond donors (Lipinski definition) is 1. The predicted molar refractivity (Wildman–Crippen MR) is 115 cm³/mol. The second kappa shape index (κ2) is 10.5. The van der Waals surface area contributed by atoms with Gasteiger partial charge in [0.1, 0.15) is 11.5 Å². The first-order valence-electron chi connectivity index (χ1n) is 9.79. The van der Waals surface area contributed by atoms with Gasteiger partial charge in [0.2, 0.25) is 5.91 Å². The fourth-order valence-corrected chi connectivity index (χ4v) is 2.96. The number of amides is 2. The number of carbonyl (C=O) groups is 2. The molecule has 0 aromatic heterocycles. The highest BCUT2D eigenvalue weighted by atomic mass is 16.5. The van der Waals surface area contributed by atoms with Crippen LogP contribution >= 0.6 is 0 Å². The van der Waals surface area contributed by atoms with Crippen LogP contribution in [0.4, 0.5) is 5.69 Å². The summed E-state index contributed by atoms with van der Waals surface area (Å²) in [4.78, 5) is 26.5. The lowest BCUT2D eigenvalue weighted by atomic mass is 10.0. The Hall–Kier alpha value is -3.02. The van der Waals surface area contributed by atoms with Crippen molar-refractivity contribution in [3.8, 4) is 11.5 Å². The number of anilines is 1. The van der Waals surface area contributed by atoms with Gasteiger partial charge in [0.25, 0.3) is 5.91 Å². The predicted octanol–water partition coefficient (Wildman–Crippen LogP) is 3.99. The van der Waals surface area contributed by atoms with E-state index in [4.69, 9.17) is 9.47 Å². The molecule has 0 fully saturated rings. The number of likely N-dealkylation sites (N-methyl/N-ethyl adjacent to an activating group) is 1. The summed E-state index contributed by atoms with van der Waals surface area (Å²) in [7, 11) is 1.54. The van der Waals surface area contributed by atoms with E-state index in [-0.39, 0.29) is 30.9 Å². The third-order valence-electron chi connectivity index (χ3n) is 4.59. The Kier molecular flexibility index (Phi) is 8.07. The van der Waals surface area contributed by atoms with E-state index in [1.165, 1.54) is 4.90 Å². The Balaban J connectivity index is 1.98. The monoisotopic (exact) mass is 398 g/mol. The summed E-state index contributed by atoms with van der Waals surface area (Å²) in [5.74, 6) is 1.04. The van der Waals surface area contributed by atoms with Crippen LogP contribution in [0.25, 0.3) is 0 Å². The van der Waals surface area contributed by atoms with Crippen LogP contribution in [0.1, 0.15) is 37.8 Å². The first kappa shape index (κ1) is 22.3. The van der Waals surface area contributed by atoms with Crippen LogP contribution in [0.5, 0.6) is 11.5 Å². The Morgan fingerprint density at radius 3 is 2.48 bits per heavy atom. The second-order valence-corrected chi connectivity index (χ2v) is 7.14. The number of rotatable bonds is 9. The number of para-hydroxylation sites is 2. The van der Waals surface area contributed by atoms with Gasteiger partial charge in [-0.3, -0.25) is 9.59 Å². The average molecular weight is 399 g/mol. The van der Waals surface area contributed by atoms with Crippen molar-refractivity contribution in [3.63, 3.8) is 0 Å². The molecular formula is C23H30N2O4. The van der Waals surface area contributed by atoms with Crippen LogP contribution in [-0.4, -0.2) is 43.5 Å². The number of aryl methyl sites for hydroxylation is 1. The molecule has 6 heteroatoms. The van der Waals surface area contributed by atoms with Crippen LogP contribution in [0.2, 0.25) is 0 Å². The molecule has 1 N–H and O–H groups in total. The van der Waals surface area contributed by atoms with Crippen molar-refractivity contribution in [3.05, 3.63) is 53.6 Å². The summed E-state index contributed by atoms with van der Waals surface area (Å²) >= 11 is 0. The second-order valence-electron chi connectivity index (χ2n) is 7.14. The van der Waals surface area contributed by atoms with Gasteiger partial charge < -0.3 is 19.7 Å². The minimum absolute atomic E-state index is 0.0540. The van der Waals surface area contributed by atoms with Gasteiger partial charge >= 0.3 is 0 Å². The number of carbonyl (C=O) groups excluding carboxylic acids is 2. The van der Waals surface area contributed by atoms with Crippen LogP contribution in [0.15, 0.2) is 42.5 Å². The summed E-state index contributed by atoms with van der Waals surface area (Å²) in [5, 5.41) is 2.79. The summed E-state index contributed by atoms with van der Waals surface area (Å²) in [6, 6.07) is 13.1. The van der Waals surface area contributed by atoms with Gasteiger partial charge in [0.15, 0.2) is 6.61 Å². The zero-order valence-electron chi connectivity index (χ0n) is 17.8. The number of methoxy groups -OCH3 is 1. The van der Waals surface area contributed by atoms with E-state index in [0.717, 1.165) is 11.1 Å². The van der Waals surface area contributed by atoms with Gasteiger partial charge in [-0.1, -0.05) is 38.1 Å². The van der Waals surface area contributed by atoms with Crippen molar-refractivity contribution in [1.29, 1.82) is 0 Å². The maximum atomic E-state index is 12.6. The van der Waals surface area contributed by atoms with E-state index in [1.54, 1.807) is 19.2 Å². The molecule has 0 radical (unpaired) electrons. The summed E-state index contributed by atoms with van der Waals surface area (Å²) in [6.07, 6.45) is 0. The fourth-order valence-electron chi connectivity index (χ4n) is 2.96. The minimum Gasteiger partial charge on any atom is -0.495 e. The first-order valence-corrected chi connectivity index (χ1v) is 9.79. The van der Waals surface area contributed by atoms with Crippen LogP contribution < -0.4 is 14.8 Å². The number of nitrogens with one attached hydrogen (secondary N) is 1. The highest BCUT2D eigenvalue weighted by molar-refractivity contribution is 5.95. The highest BCUT2D eigenvalue weighted by Gasteiger charge is 2.18. The van der Waals surface area contributed by atoms with Crippen molar-refractivity contribution in [2.75, 3.05) is 32.1 Å². The van der Waals surface area contributed by atoms with Gasteiger partial charge in [0.05, 0.1) is 19.3 Å². The third kappa shape index (κ3) is 6.24. The highest BCUT2D eigenvalue weighted by Crippen LogP contribution is 2.27. The number of nitrogens with zero attached hydrogens (tertiary/aromatic N) is 1. The molecule has 0 bridgehead atoms. The minimum atomic E-state index is -0.289. The van der Waals surface area contributed by atoms with Crippen molar-refractivity contribution < 1.29 is 19.1 Å². The van der Waals surface area contributed by atoms with Gasteiger partial charge in [-0.25, -0.2) is 0 Å². The standard InChI is InChI=1S/C23H30N2O4/c1-6-25(14-22(26)24-19-9-7-8-10-20(19)28-5)23(27)15-29-21-13-17(4)11-12-18(21)16(2)3/h7-13,16H,6,14-15H2,1-5H3,(H,24,26). The number of benzene rings is 2. The van der Waals surface area contributed by atoms with Gasteiger partial charge in [-0.05, 0) is 49.1 Å². The summed E-state index contributed by atoms with van der Waals surface area (Å²) in [6.45, 7) is 8.23. The molecular weight excluding hydrogens is 368 g/mol. The smallest absolute Gasteiger partial charge is 0.260 e. The molecule has 0 spiro atoms. The van der Waals surface area contributed by atoms with Crippen molar-refractivity contribution >= 4 is 17.5 Å². The molecule has 0 saturated carbocycles. The molecule has 0 unspecified atom stereocenters. The van der Waals surface area contributed by atoms with Crippen molar-refractivity contribution in [1.82, 2.24) is 4.90 Å². The molecule has 2 amide bonds. The molecule has 0 aliphatic heterocycles. The maximum Gasteiger partial charge on any atom is 0.260 e. The van der Waals surface area contributed by atoms with Crippen LogP contribution in [0.3, 0.4) is 0 Å². The molecule has 0 heterocycles. The normalized spacial score (nSPS) is 10.6. The quantitative estimate of drug-likeness (QED) is 0.693. The van der Waals surface area contributed by atoms with Gasteiger partial charge in [-0.2, -0.15) is 0 Å². The van der Waals surface area contributed by atoms with Crippen LogP contribution in [0, 0.1) is 6.92 Å². The number of ether oxygens (including phenoxy) is 2. The lowest BCUT2D eigenvalue weighted by Gasteiger charge is -2.22. The van der Waals surface area contributed by atoms with Crippen molar-refractivity contribution in [2.45, 2.75) is 33.6 Å². The Morgan fingerprint density at radius 1 is 1.10 bits per heavy atom. The zero-order valence-corrected chi connectivity index (χ0v) is 17.8. The Morgan fingerprint density at radius 2 is 1.83 bits per heavy atom. The fraction of sp³-hybridized carbons (Fsp3) is 0.391. The number of hydrogen-bond acceptors (Lipinski definition) is 4. The molecule has 156 valence electrons. The third-order valence-corrected chi connectivity index (χ3v) is 4.59. The largest absolute Gasteiger partial charge is 0.495 e. The topological polar surface area (TPSA) is 67.9 Å². The van der Waals surface area contributed by atoms with E-state index in [0.29, 0.717) is 23.7 Å². The Bertz CT molecular complexity index is 849. The van der Waals surface area contributed by atoms with E-state index in [1.807, 2.05) is 44.2 Å². The molecule has 0 aliphatic rings. The Labute approximate surface area is 172 Å². The average Bonchev–Trinajstić information content (AvgIpc) is 2.70. The lowest BCUT2D eigenvalue weighted by molar-refractivity contribution is -0.136. The zero-order chi connectivity index (χ0) is 21.4. The summed E-state index contributed by atoms with van der Waals surface area (Å²) < 4.78 is 11.1. The molecule has 0 saturated heterocycles. The molecule has 0 atom stereocenters. The molecule has 6 nitrogen and oxygen atoms in total. The van der Waals surface area contributed by atoms with E-state index in [9.17, 15) is 9.59 Å². The molecule has 2 aromatic rings. The van der Waals surface area contributed by atoms with Gasteiger partial charge in [-0.15, -0.1) is 0 Å². The molecule has 0 aliphatic carbocycles. The molecule has 2 aromatic carbocycles. The maximum absolute atomic E-state index is 12.6. The summed E-state index contributed by atoms with van der Waals surface area (Å²) in [5.41, 5.74) is 2.70. The van der Waals surface area contributed by atoms with Crippen molar-refractivity contribution in [2.24, 2.45) is 0 Å². The van der Waals surface area contributed by atoms with Gasteiger partial charge in [0, 0.05) is 6.54 Å².